The molecule has 0 spiro atoms. The summed E-state index contributed by atoms with van der Waals surface area (Å²) in [5.41, 5.74) is -0.665. The molecule has 12 heteroatoms. The predicted molar refractivity (Wildman–Crippen MR) is 196 cm³/mol. The average Bonchev–Trinajstić information content (AvgIpc) is 3.69. The predicted octanol–water partition coefficient (Wildman–Crippen LogP) is 8.09. The minimum Gasteiger partial charge on any atom is -0.481 e. The number of aromatic nitrogens is 4. The van der Waals surface area contributed by atoms with E-state index < -0.39 is 34.7 Å². The van der Waals surface area contributed by atoms with E-state index in [-0.39, 0.29) is 75.8 Å². The maximum Gasteiger partial charge on any atom is 0.309 e. The van der Waals surface area contributed by atoms with E-state index in [0.717, 1.165) is 68.5 Å². The Kier molecular flexibility index (Phi) is 9.14. The highest BCUT2D eigenvalue weighted by Crippen LogP contribution is 2.77. The number of aliphatic hydroxyl groups excluding tert-OH is 1. The number of carboxylic acid groups (broad SMARTS) is 1. The van der Waals surface area contributed by atoms with Gasteiger partial charge in [0.2, 0.25) is 11.7 Å². The highest BCUT2D eigenvalue weighted by molar-refractivity contribution is 6.00. The smallest absolute Gasteiger partial charge is 0.309 e. The van der Waals surface area contributed by atoms with Crippen molar-refractivity contribution in [1.29, 1.82) is 0 Å². The lowest BCUT2D eigenvalue weighted by atomic mass is 9.33. The quantitative estimate of drug-likeness (QED) is 0.251. The number of ketones is 1. The van der Waals surface area contributed by atoms with E-state index in [2.05, 4.69) is 68.6 Å². The number of hydrogen-bond acceptors (Lipinski definition) is 10. The number of ether oxygens (including phenoxy) is 1. The first-order valence-electron chi connectivity index (χ1n) is 19.8. The number of Topliss-reactive ketones (excluding diaryl/α,β-unsaturated/α-hetero) is 1. The fourth-order valence-corrected chi connectivity index (χ4v) is 12.9. The molecule has 0 amide bonds. The van der Waals surface area contributed by atoms with Gasteiger partial charge in [-0.15, -0.1) is 10.2 Å². The molecule has 0 aromatic carbocycles. The van der Waals surface area contributed by atoms with Gasteiger partial charge in [-0.1, -0.05) is 48.5 Å². The zero-order valence-corrected chi connectivity index (χ0v) is 33.3. The Morgan fingerprint density at radius 3 is 2.30 bits per heavy atom. The molecular weight excluding hydrogens is 691 g/mol. The van der Waals surface area contributed by atoms with E-state index in [4.69, 9.17) is 9.15 Å². The van der Waals surface area contributed by atoms with Gasteiger partial charge in [0.15, 0.2) is 11.6 Å². The molecule has 2 N–H and O–H groups in total. The van der Waals surface area contributed by atoms with Crippen molar-refractivity contribution >= 4 is 17.7 Å². The van der Waals surface area contributed by atoms with Crippen LogP contribution in [0.2, 0.25) is 0 Å². The standard InChI is InChI=1S/C42H57FN4O7/c1-22(2)30-25(48)18-42(32(50)34-46-47-35(54-34)33-44-20-23(43)21-45-33)17-16-40(8)24(31(30)42)10-11-27-39(7)14-13-28(53-29(49)19-37(3,4)36(51)52)38(5,6)26(39)12-15-41(27,40)9/h20-22,24,26-28,32,50H,10-19H2,1-9H3,(H,51,52)/t24-,26+,27-,28+,32?,39+,40-,41-,42-/m1/s1. The van der Waals surface area contributed by atoms with Crippen molar-refractivity contribution in [2.24, 2.45) is 56.2 Å². The molecule has 5 aliphatic carbocycles. The lowest BCUT2D eigenvalue weighted by Gasteiger charge is -2.72. The highest BCUT2D eigenvalue weighted by atomic mass is 19.1. The summed E-state index contributed by atoms with van der Waals surface area (Å²) in [6.07, 6.45) is 7.50. The Hall–Kier alpha value is -3.54. The molecule has 9 atom stereocenters. The molecule has 4 saturated carbocycles. The summed E-state index contributed by atoms with van der Waals surface area (Å²) in [5, 5.41) is 30.2. The van der Waals surface area contributed by atoms with E-state index >= 15 is 0 Å². The molecular formula is C42H57FN4O7. The van der Waals surface area contributed by atoms with Crippen molar-refractivity contribution in [2.75, 3.05) is 0 Å². The van der Waals surface area contributed by atoms with Gasteiger partial charge < -0.3 is 19.4 Å². The van der Waals surface area contributed by atoms with E-state index in [0.29, 0.717) is 18.3 Å². The van der Waals surface area contributed by atoms with Gasteiger partial charge in [0.05, 0.1) is 24.2 Å². The second kappa shape index (κ2) is 12.7. The van der Waals surface area contributed by atoms with Gasteiger partial charge in [-0.2, -0.15) is 0 Å². The maximum atomic E-state index is 14.1. The van der Waals surface area contributed by atoms with Crippen LogP contribution in [-0.4, -0.2) is 54.2 Å². The van der Waals surface area contributed by atoms with Crippen molar-refractivity contribution in [1.82, 2.24) is 20.2 Å². The van der Waals surface area contributed by atoms with Crippen LogP contribution in [0, 0.1) is 62.0 Å². The van der Waals surface area contributed by atoms with Crippen molar-refractivity contribution in [2.45, 2.75) is 139 Å². The van der Waals surface area contributed by atoms with Gasteiger partial charge in [-0.25, -0.2) is 14.4 Å². The summed E-state index contributed by atoms with van der Waals surface area (Å²) in [6, 6.07) is 0. The van der Waals surface area contributed by atoms with E-state index in [9.17, 15) is 29.0 Å². The van der Waals surface area contributed by atoms with Gasteiger partial charge in [-0.05, 0) is 116 Å². The number of hydrogen-bond donors (Lipinski definition) is 2. The molecule has 7 rings (SSSR count). The monoisotopic (exact) mass is 748 g/mol. The number of carbonyl (C=O) groups excluding carboxylic acids is 2. The normalized spacial score (nSPS) is 36.6. The number of allylic oxidation sites excluding steroid dienone is 1. The summed E-state index contributed by atoms with van der Waals surface area (Å²) < 4.78 is 25.6. The van der Waals surface area contributed by atoms with E-state index in [1.807, 2.05) is 0 Å². The summed E-state index contributed by atoms with van der Waals surface area (Å²) in [4.78, 5) is 46.9. The maximum absolute atomic E-state index is 14.1. The molecule has 0 saturated heterocycles. The molecule has 2 aromatic rings. The number of fused-ring (bicyclic) bond motifs is 7. The van der Waals surface area contributed by atoms with Gasteiger partial charge in [-0.3, -0.25) is 14.4 Å². The number of carboxylic acids is 1. The first-order valence-corrected chi connectivity index (χ1v) is 19.8. The molecule has 0 radical (unpaired) electrons. The van der Waals surface area contributed by atoms with Crippen LogP contribution in [0.5, 0.6) is 0 Å². The van der Waals surface area contributed by atoms with Crippen molar-refractivity contribution in [3.05, 3.63) is 35.2 Å². The third kappa shape index (κ3) is 5.53. The lowest BCUT2D eigenvalue weighted by Crippen LogP contribution is -2.66. The fourth-order valence-electron chi connectivity index (χ4n) is 12.9. The molecule has 11 nitrogen and oxygen atoms in total. The highest BCUT2D eigenvalue weighted by Gasteiger charge is 2.71. The van der Waals surface area contributed by atoms with Crippen molar-refractivity contribution in [3.63, 3.8) is 0 Å². The lowest BCUT2D eigenvalue weighted by molar-refractivity contribution is -0.235. The minimum atomic E-state index is -1.21. The van der Waals surface area contributed by atoms with Crippen LogP contribution >= 0.6 is 0 Å². The second-order valence-electron chi connectivity index (χ2n) is 19.6. The molecule has 294 valence electrons. The molecule has 0 aliphatic heterocycles. The van der Waals surface area contributed by atoms with Crippen LogP contribution in [0.25, 0.3) is 11.7 Å². The number of esters is 1. The van der Waals surface area contributed by atoms with Crippen LogP contribution in [0.15, 0.2) is 28.0 Å². The fraction of sp³-hybridized carbons (Fsp3) is 0.738. The number of aliphatic carboxylic acids is 1. The summed E-state index contributed by atoms with van der Waals surface area (Å²) in [6.45, 7) is 19.1. The topological polar surface area (TPSA) is 166 Å². The zero-order chi connectivity index (χ0) is 39.4. The van der Waals surface area contributed by atoms with Gasteiger partial charge in [0.1, 0.15) is 12.2 Å². The third-order valence-corrected chi connectivity index (χ3v) is 15.9. The molecule has 5 aliphatic rings. The number of nitrogens with zero attached hydrogens (tertiary/aromatic N) is 4. The SMILES string of the molecule is CC(C)C1=C2[C@H]3CC[C@@H]4[C@@]5(C)CC[C@H](OC(=O)CC(C)(C)C(=O)O)C(C)(C)[C@@H]5CC[C@@]4(C)[C@]3(C)CC[C@@]2(C(O)c2nnc(-c3ncc(F)cn3)o2)CC1=O. The Labute approximate surface area is 317 Å². The van der Waals surface area contributed by atoms with Crippen LogP contribution in [0.1, 0.15) is 139 Å². The molecule has 0 bridgehead atoms. The number of halogens is 1. The average molecular weight is 749 g/mol. The van der Waals surface area contributed by atoms with Crippen molar-refractivity contribution in [3.8, 4) is 11.7 Å². The van der Waals surface area contributed by atoms with Crippen LogP contribution < -0.4 is 0 Å². The first kappa shape index (κ1) is 38.7. The van der Waals surface area contributed by atoms with E-state index in [1.54, 1.807) is 13.8 Å². The number of rotatable bonds is 8. The van der Waals surface area contributed by atoms with E-state index in [1.165, 1.54) is 0 Å². The Balaban J connectivity index is 1.19. The summed E-state index contributed by atoms with van der Waals surface area (Å²) in [5.74, 6) is -1.16. The molecule has 54 heavy (non-hydrogen) atoms. The molecule has 4 fully saturated rings. The third-order valence-electron chi connectivity index (χ3n) is 15.9. The Morgan fingerprint density at radius 1 is 0.963 bits per heavy atom. The minimum absolute atomic E-state index is 0.00882. The van der Waals surface area contributed by atoms with Crippen LogP contribution in [-0.2, 0) is 19.1 Å². The Morgan fingerprint density at radius 2 is 1.65 bits per heavy atom. The summed E-state index contributed by atoms with van der Waals surface area (Å²) >= 11 is 0. The summed E-state index contributed by atoms with van der Waals surface area (Å²) in [7, 11) is 0. The Bertz CT molecular complexity index is 1890. The zero-order valence-electron chi connectivity index (χ0n) is 33.3. The van der Waals surface area contributed by atoms with Crippen LogP contribution in [0.4, 0.5) is 4.39 Å². The molecule has 1 unspecified atom stereocenters. The molecule has 2 aromatic heterocycles. The molecule has 2 heterocycles. The van der Waals surface area contributed by atoms with Gasteiger partial charge in [0, 0.05) is 17.3 Å². The largest absolute Gasteiger partial charge is 0.481 e. The van der Waals surface area contributed by atoms with Crippen molar-refractivity contribution < 1.29 is 38.1 Å². The van der Waals surface area contributed by atoms with Gasteiger partial charge >= 0.3 is 11.9 Å². The van der Waals surface area contributed by atoms with Gasteiger partial charge in [0.25, 0.3) is 5.89 Å². The second-order valence-corrected chi connectivity index (χ2v) is 19.6. The first-order chi connectivity index (χ1) is 25.1. The van der Waals surface area contributed by atoms with Crippen LogP contribution in [0.3, 0.4) is 0 Å². The number of carbonyl (C=O) groups is 3. The number of aliphatic hydroxyl groups is 1.